The fourth-order valence-electron chi connectivity index (χ4n) is 3.00. The van der Waals surface area contributed by atoms with Gasteiger partial charge in [-0.05, 0) is 49.2 Å². The molecule has 1 N–H and O–H groups in total. The largest absolute Gasteiger partial charge is 0.465 e. The Hall–Kier alpha value is -3.21. The van der Waals surface area contributed by atoms with Gasteiger partial charge in [0.25, 0.3) is 5.91 Å². The number of nitrogens with zero attached hydrogens (tertiary/aromatic N) is 1. The number of aryl methyl sites for hydroxylation is 1. The summed E-state index contributed by atoms with van der Waals surface area (Å²) in [7, 11) is 1.33. The van der Waals surface area contributed by atoms with Crippen LogP contribution in [0.1, 0.15) is 38.9 Å². The Morgan fingerprint density at radius 1 is 1.08 bits per heavy atom. The number of nitrogens with one attached hydrogen (secondary N) is 1. The number of esters is 1. The van der Waals surface area contributed by atoms with Crippen molar-refractivity contribution in [3.8, 4) is 0 Å². The van der Waals surface area contributed by atoms with Crippen molar-refractivity contribution in [2.24, 2.45) is 0 Å². The second kappa shape index (κ2) is 7.35. The van der Waals surface area contributed by atoms with E-state index in [4.69, 9.17) is 0 Å². The number of pyridine rings is 1. The highest BCUT2D eigenvalue weighted by Gasteiger charge is 2.17. The van der Waals surface area contributed by atoms with Crippen LogP contribution in [-0.4, -0.2) is 24.0 Å². The minimum absolute atomic E-state index is 0.193. The van der Waals surface area contributed by atoms with Crippen molar-refractivity contribution in [3.63, 3.8) is 0 Å². The normalized spacial score (nSPS) is 10.6. The Labute approximate surface area is 152 Å². The van der Waals surface area contributed by atoms with Crippen LogP contribution < -0.4 is 5.32 Å². The molecule has 3 rings (SSSR count). The molecular formula is C21H20N2O3. The first-order chi connectivity index (χ1) is 12.5. The smallest absolute Gasteiger partial charge is 0.337 e. The summed E-state index contributed by atoms with van der Waals surface area (Å²) >= 11 is 0. The van der Waals surface area contributed by atoms with E-state index in [-0.39, 0.29) is 5.91 Å². The summed E-state index contributed by atoms with van der Waals surface area (Å²) in [5.74, 6) is -0.604. The number of carbonyl (C=O) groups excluding carboxylic acids is 2. The maximum Gasteiger partial charge on any atom is 0.337 e. The van der Waals surface area contributed by atoms with Gasteiger partial charge in [-0.3, -0.25) is 9.78 Å². The maximum absolute atomic E-state index is 13.0. The number of hydrogen-bond donors (Lipinski definition) is 1. The van der Waals surface area contributed by atoms with Crippen LogP contribution in [0.25, 0.3) is 10.9 Å². The zero-order chi connectivity index (χ0) is 18.7. The van der Waals surface area contributed by atoms with E-state index in [1.165, 1.54) is 7.11 Å². The number of carbonyl (C=O) groups is 2. The summed E-state index contributed by atoms with van der Waals surface area (Å²) in [6.45, 7) is 3.95. The van der Waals surface area contributed by atoms with Gasteiger partial charge in [0.05, 0.1) is 23.8 Å². The van der Waals surface area contributed by atoms with Gasteiger partial charge in [-0.2, -0.15) is 0 Å². The zero-order valence-electron chi connectivity index (χ0n) is 15.0. The van der Waals surface area contributed by atoms with Crippen molar-refractivity contribution in [1.29, 1.82) is 0 Å². The molecule has 0 aliphatic rings. The van der Waals surface area contributed by atoms with Crippen molar-refractivity contribution in [2.75, 3.05) is 12.4 Å². The monoisotopic (exact) mass is 348 g/mol. The molecule has 1 heterocycles. The van der Waals surface area contributed by atoms with Crippen molar-refractivity contribution in [2.45, 2.75) is 20.3 Å². The predicted molar refractivity (Wildman–Crippen MR) is 102 cm³/mol. The van der Waals surface area contributed by atoms with Crippen LogP contribution >= 0.6 is 0 Å². The lowest BCUT2D eigenvalue weighted by atomic mass is 9.99. The lowest BCUT2D eigenvalue weighted by Crippen LogP contribution is -2.16. The number of ether oxygens (including phenoxy) is 1. The molecule has 0 fully saturated rings. The van der Waals surface area contributed by atoms with E-state index in [1.54, 1.807) is 24.3 Å². The van der Waals surface area contributed by atoms with Gasteiger partial charge in [-0.15, -0.1) is 0 Å². The third-order valence-electron chi connectivity index (χ3n) is 4.36. The van der Waals surface area contributed by atoms with Crippen molar-refractivity contribution in [1.82, 2.24) is 4.98 Å². The molecule has 0 unspecified atom stereocenters. The molecule has 1 aromatic heterocycles. The van der Waals surface area contributed by atoms with Crippen LogP contribution in [0, 0.1) is 6.92 Å². The standard InChI is InChI=1S/C21H20N2O3/c1-4-17-13(2)19(16-7-5-6-8-18(16)23-17)20(24)22-15-11-9-14(10-12-15)21(25)26-3/h5-12H,4H2,1-3H3,(H,22,24). The van der Waals surface area contributed by atoms with Crippen LogP contribution in [0.3, 0.4) is 0 Å². The van der Waals surface area contributed by atoms with Crippen LogP contribution in [0.5, 0.6) is 0 Å². The first kappa shape index (κ1) is 17.6. The number of amides is 1. The molecule has 0 spiro atoms. The number of hydrogen-bond acceptors (Lipinski definition) is 4. The summed E-state index contributed by atoms with van der Waals surface area (Å²) in [4.78, 5) is 29.1. The van der Waals surface area contributed by atoms with Gasteiger partial charge >= 0.3 is 5.97 Å². The van der Waals surface area contributed by atoms with E-state index >= 15 is 0 Å². The van der Waals surface area contributed by atoms with E-state index in [2.05, 4.69) is 15.0 Å². The van der Waals surface area contributed by atoms with Gasteiger partial charge in [0.2, 0.25) is 0 Å². The summed E-state index contributed by atoms with van der Waals surface area (Å²) in [5.41, 5.74) is 4.28. The number of anilines is 1. The molecule has 0 aliphatic carbocycles. The second-order valence-corrected chi connectivity index (χ2v) is 5.95. The third-order valence-corrected chi connectivity index (χ3v) is 4.36. The van der Waals surface area contributed by atoms with E-state index in [0.717, 1.165) is 28.6 Å². The van der Waals surface area contributed by atoms with Gasteiger partial charge in [0.1, 0.15) is 0 Å². The molecule has 0 radical (unpaired) electrons. The highest BCUT2D eigenvalue weighted by atomic mass is 16.5. The van der Waals surface area contributed by atoms with Gasteiger partial charge in [-0.1, -0.05) is 25.1 Å². The Morgan fingerprint density at radius 3 is 2.42 bits per heavy atom. The molecule has 0 bridgehead atoms. The van der Waals surface area contributed by atoms with Gasteiger partial charge in [0.15, 0.2) is 0 Å². The number of rotatable bonds is 4. The van der Waals surface area contributed by atoms with Crippen LogP contribution in [0.2, 0.25) is 0 Å². The Morgan fingerprint density at radius 2 is 1.77 bits per heavy atom. The molecule has 26 heavy (non-hydrogen) atoms. The Kier molecular flexibility index (Phi) is 4.98. The quantitative estimate of drug-likeness (QED) is 0.719. The van der Waals surface area contributed by atoms with Gasteiger partial charge < -0.3 is 10.1 Å². The zero-order valence-corrected chi connectivity index (χ0v) is 15.0. The summed E-state index contributed by atoms with van der Waals surface area (Å²) in [6.07, 6.45) is 0.755. The van der Waals surface area contributed by atoms with E-state index in [0.29, 0.717) is 16.8 Å². The highest BCUT2D eigenvalue weighted by Crippen LogP contribution is 2.24. The van der Waals surface area contributed by atoms with Crippen molar-refractivity contribution < 1.29 is 14.3 Å². The molecule has 0 saturated heterocycles. The first-order valence-corrected chi connectivity index (χ1v) is 8.43. The Balaban J connectivity index is 1.97. The number of methoxy groups -OCH3 is 1. The second-order valence-electron chi connectivity index (χ2n) is 5.95. The lowest BCUT2D eigenvalue weighted by molar-refractivity contribution is 0.0600. The van der Waals surface area contributed by atoms with Gasteiger partial charge in [-0.25, -0.2) is 4.79 Å². The van der Waals surface area contributed by atoms with E-state index in [9.17, 15) is 9.59 Å². The van der Waals surface area contributed by atoms with Gasteiger partial charge in [0, 0.05) is 16.8 Å². The number of para-hydroxylation sites is 1. The van der Waals surface area contributed by atoms with E-state index < -0.39 is 5.97 Å². The first-order valence-electron chi connectivity index (χ1n) is 8.43. The molecule has 0 atom stereocenters. The minimum atomic E-state index is -0.411. The van der Waals surface area contributed by atoms with Crippen molar-refractivity contribution >= 4 is 28.5 Å². The molecular weight excluding hydrogens is 328 g/mol. The lowest BCUT2D eigenvalue weighted by Gasteiger charge is -2.14. The third kappa shape index (κ3) is 3.28. The summed E-state index contributed by atoms with van der Waals surface area (Å²) < 4.78 is 4.68. The number of benzene rings is 2. The minimum Gasteiger partial charge on any atom is -0.465 e. The SMILES string of the molecule is CCc1nc2ccccc2c(C(=O)Nc2ccc(C(=O)OC)cc2)c1C. The fraction of sp³-hybridized carbons (Fsp3) is 0.190. The average Bonchev–Trinajstić information content (AvgIpc) is 2.67. The molecule has 1 amide bonds. The Bertz CT molecular complexity index is 978. The molecule has 0 saturated carbocycles. The maximum atomic E-state index is 13.0. The predicted octanol–water partition coefficient (Wildman–Crippen LogP) is 4.14. The average molecular weight is 348 g/mol. The van der Waals surface area contributed by atoms with E-state index in [1.807, 2.05) is 38.1 Å². The number of aromatic nitrogens is 1. The van der Waals surface area contributed by atoms with Crippen LogP contribution in [-0.2, 0) is 11.2 Å². The molecule has 5 nitrogen and oxygen atoms in total. The summed E-state index contributed by atoms with van der Waals surface area (Å²) in [5, 5.41) is 3.73. The molecule has 5 heteroatoms. The molecule has 132 valence electrons. The van der Waals surface area contributed by atoms with Crippen LogP contribution in [0.4, 0.5) is 5.69 Å². The topological polar surface area (TPSA) is 68.3 Å². The number of fused-ring (bicyclic) bond motifs is 1. The molecule has 3 aromatic rings. The molecule has 2 aromatic carbocycles. The summed E-state index contributed by atoms with van der Waals surface area (Å²) in [6, 6.07) is 14.2. The van der Waals surface area contributed by atoms with Crippen molar-refractivity contribution in [3.05, 3.63) is 70.9 Å². The highest BCUT2D eigenvalue weighted by molar-refractivity contribution is 6.13. The molecule has 0 aliphatic heterocycles. The fourth-order valence-corrected chi connectivity index (χ4v) is 3.00. The van der Waals surface area contributed by atoms with Crippen LogP contribution in [0.15, 0.2) is 48.5 Å².